The van der Waals surface area contributed by atoms with Crippen molar-refractivity contribution in [1.29, 1.82) is 0 Å². The lowest BCUT2D eigenvalue weighted by molar-refractivity contribution is 0.286. The van der Waals surface area contributed by atoms with Crippen LogP contribution in [0.3, 0.4) is 0 Å². The van der Waals surface area contributed by atoms with Crippen LogP contribution in [0.1, 0.15) is 24.7 Å². The van der Waals surface area contributed by atoms with Gasteiger partial charge in [-0.3, -0.25) is 0 Å². The van der Waals surface area contributed by atoms with Crippen LogP contribution < -0.4 is 5.32 Å². The summed E-state index contributed by atoms with van der Waals surface area (Å²) in [4.78, 5) is 9.12. The van der Waals surface area contributed by atoms with Crippen LogP contribution in [0.15, 0.2) is 18.3 Å². The van der Waals surface area contributed by atoms with Gasteiger partial charge in [-0.15, -0.1) is 0 Å². The average Bonchev–Trinajstić information content (AvgIpc) is 3.02. The molecule has 96 valence electrons. The average molecular weight is 246 g/mol. The molecule has 18 heavy (non-hydrogen) atoms. The van der Waals surface area contributed by atoms with Crippen molar-refractivity contribution in [2.24, 2.45) is 0 Å². The summed E-state index contributed by atoms with van der Waals surface area (Å²) in [7, 11) is 0. The fraction of sp³-hybridized carbons (Fsp3) is 0.538. The summed E-state index contributed by atoms with van der Waals surface area (Å²) in [6.07, 6.45) is 4.50. The van der Waals surface area contributed by atoms with Gasteiger partial charge in [0.25, 0.3) is 0 Å². The third kappa shape index (κ3) is 2.00. The Bertz CT molecular complexity index is 531. The quantitative estimate of drug-likeness (QED) is 0.841. The second kappa shape index (κ2) is 5.04. The van der Waals surface area contributed by atoms with Gasteiger partial charge in [0.15, 0.2) is 5.65 Å². The Morgan fingerprint density at radius 2 is 2.44 bits per heavy atom. The molecule has 1 fully saturated rings. The summed E-state index contributed by atoms with van der Waals surface area (Å²) in [6.45, 7) is 2.24. The molecule has 0 saturated carbocycles. The third-order valence-electron chi connectivity index (χ3n) is 3.48. The Kier molecular flexibility index (Phi) is 3.25. The lowest BCUT2D eigenvalue weighted by atomic mass is 10.2. The van der Waals surface area contributed by atoms with Crippen LogP contribution in [0.25, 0.3) is 11.2 Å². The Hall–Kier alpha value is -1.46. The summed E-state index contributed by atoms with van der Waals surface area (Å²) in [5.74, 6) is 1.05. The summed E-state index contributed by atoms with van der Waals surface area (Å²) in [5, 5.41) is 12.4. The number of pyridine rings is 1. The van der Waals surface area contributed by atoms with E-state index in [1.807, 2.05) is 18.3 Å². The number of aliphatic hydroxyl groups is 1. The third-order valence-corrected chi connectivity index (χ3v) is 3.48. The van der Waals surface area contributed by atoms with E-state index < -0.39 is 0 Å². The minimum absolute atomic E-state index is 0.208. The van der Waals surface area contributed by atoms with Gasteiger partial charge >= 0.3 is 0 Å². The zero-order chi connectivity index (χ0) is 12.4. The maximum absolute atomic E-state index is 8.99. The first kappa shape index (κ1) is 11.6. The molecule has 1 aliphatic rings. The number of nitrogens with zero attached hydrogens (tertiary/aromatic N) is 3. The molecule has 0 aliphatic carbocycles. The van der Waals surface area contributed by atoms with E-state index in [0.717, 1.165) is 49.3 Å². The Morgan fingerprint density at radius 3 is 3.22 bits per heavy atom. The van der Waals surface area contributed by atoms with E-state index in [1.165, 1.54) is 0 Å². The number of aromatic nitrogens is 3. The Labute approximate surface area is 106 Å². The van der Waals surface area contributed by atoms with Crippen molar-refractivity contribution < 1.29 is 5.11 Å². The van der Waals surface area contributed by atoms with Gasteiger partial charge in [0, 0.05) is 25.8 Å². The van der Waals surface area contributed by atoms with E-state index in [9.17, 15) is 0 Å². The van der Waals surface area contributed by atoms with Crippen LogP contribution in [0, 0.1) is 0 Å². The van der Waals surface area contributed by atoms with Crippen molar-refractivity contribution in [3.8, 4) is 0 Å². The first-order valence-corrected chi connectivity index (χ1v) is 6.53. The fourth-order valence-electron chi connectivity index (χ4n) is 2.63. The largest absolute Gasteiger partial charge is 0.396 e. The maximum atomic E-state index is 8.99. The molecule has 1 saturated heterocycles. The molecule has 1 aliphatic heterocycles. The molecule has 0 bridgehead atoms. The van der Waals surface area contributed by atoms with E-state index in [1.54, 1.807) is 0 Å². The number of aryl methyl sites for hydroxylation is 1. The Morgan fingerprint density at radius 1 is 1.50 bits per heavy atom. The van der Waals surface area contributed by atoms with Gasteiger partial charge < -0.3 is 15.0 Å². The molecule has 5 nitrogen and oxygen atoms in total. The van der Waals surface area contributed by atoms with E-state index >= 15 is 0 Å². The van der Waals surface area contributed by atoms with Gasteiger partial charge in [0.05, 0.1) is 6.04 Å². The van der Waals surface area contributed by atoms with Crippen molar-refractivity contribution in [3.63, 3.8) is 0 Å². The van der Waals surface area contributed by atoms with Crippen molar-refractivity contribution >= 4 is 11.2 Å². The van der Waals surface area contributed by atoms with Gasteiger partial charge in [-0.25, -0.2) is 9.97 Å². The van der Waals surface area contributed by atoms with E-state index in [2.05, 4.69) is 19.9 Å². The van der Waals surface area contributed by atoms with E-state index in [0.29, 0.717) is 6.04 Å². The molecule has 3 heterocycles. The first-order chi connectivity index (χ1) is 8.90. The maximum Gasteiger partial charge on any atom is 0.160 e. The summed E-state index contributed by atoms with van der Waals surface area (Å²) >= 11 is 0. The van der Waals surface area contributed by atoms with Gasteiger partial charge in [-0.05, 0) is 31.5 Å². The molecular weight excluding hydrogens is 228 g/mol. The highest BCUT2D eigenvalue weighted by atomic mass is 16.2. The molecule has 1 atom stereocenters. The van der Waals surface area contributed by atoms with Gasteiger partial charge in [-0.1, -0.05) is 0 Å². The first-order valence-electron chi connectivity index (χ1n) is 6.53. The van der Waals surface area contributed by atoms with Crippen LogP contribution in [-0.4, -0.2) is 39.3 Å². The molecule has 2 aromatic rings. The second-order valence-corrected chi connectivity index (χ2v) is 4.72. The molecule has 1 unspecified atom stereocenters. The predicted molar refractivity (Wildman–Crippen MR) is 69.5 cm³/mol. The molecule has 3 rings (SSSR count). The molecule has 0 radical (unpaired) electrons. The number of aliphatic hydroxyl groups excluding tert-OH is 1. The standard InChI is InChI=1S/C13H18N4O/c18-8-2-4-12-16-11-3-1-6-15-13(11)17(12)10-5-7-14-9-10/h1,3,6,10,14,18H,2,4-5,7-9H2. The number of hydrogen-bond acceptors (Lipinski definition) is 4. The van der Waals surface area contributed by atoms with Crippen LogP contribution in [0.4, 0.5) is 0 Å². The Balaban J connectivity index is 2.05. The SMILES string of the molecule is OCCCc1nc2cccnc2n1C1CCNC1. The summed E-state index contributed by atoms with van der Waals surface area (Å²) < 4.78 is 2.25. The molecule has 2 N–H and O–H groups in total. The van der Waals surface area contributed by atoms with Gasteiger partial charge in [-0.2, -0.15) is 0 Å². The van der Waals surface area contributed by atoms with Crippen molar-refractivity contribution in [2.75, 3.05) is 19.7 Å². The van der Waals surface area contributed by atoms with Gasteiger partial charge in [0.2, 0.25) is 0 Å². The highest BCUT2D eigenvalue weighted by Crippen LogP contribution is 2.24. The van der Waals surface area contributed by atoms with Gasteiger partial charge in [0.1, 0.15) is 11.3 Å². The molecular formula is C13H18N4O. The monoisotopic (exact) mass is 246 g/mol. The van der Waals surface area contributed by atoms with Crippen molar-refractivity contribution in [1.82, 2.24) is 19.9 Å². The number of imidazole rings is 1. The van der Waals surface area contributed by atoms with E-state index in [-0.39, 0.29) is 6.61 Å². The minimum Gasteiger partial charge on any atom is -0.396 e. The molecule has 0 spiro atoms. The van der Waals surface area contributed by atoms with E-state index in [4.69, 9.17) is 5.11 Å². The molecule has 5 heteroatoms. The summed E-state index contributed by atoms with van der Waals surface area (Å²) in [5.41, 5.74) is 1.93. The lowest BCUT2D eigenvalue weighted by Gasteiger charge is -2.14. The fourth-order valence-corrected chi connectivity index (χ4v) is 2.63. The minimum atomic E-state index is 0.208. The number of nitrogens with one attached hydrogen (secondary N) is 1. The number of rotatable bonds is 4. The number of hydrogen-bond donors (Lipinski definition) is 2. The van der Waals surface area contributed by atoms with Crippen LogP contribution in [0.2, 0.25) is 0 Å². The highest BCUT2D eigenvalue weighted by molar-refractivity contribution is 5.71. The van der Waals surface area contributed by atoms with Crippen molar-refractivity contribution in [3.05, 3.63) is 24.2 Å². The van der Waals surface area contributed by atoms with Crippen LogP contribution in [-0.2, 0) is 6.42 Å². The predicted octanol–water partition coefficient (Wildman–Crippen LogP) is 0.891. The zero-order valence-corrected chi connectivity index (χ0v) is 10.3. The summed E-state index contributed by atoms with van der Waals surface area (Å²) in [6, 6.07) is 4.37. The smallest absolute Gasteiger partial charge is 0.160 e. The molecule has 0 amide bonds. The topological polar surface area (TPSA) is 63.0 Å². The highest BCUT2D eigenvalue weighted by Gasteiger charge is 2.22. The molecule has 2 aromatic heterocycles. The molecule has 0 aromatic carbocycles. The van der Waals surface area contributed by atoms with Crippen LogP contribution >= 0.6 is 0 Å². The van der Waals surface area contributed by atoms with Crippen LogP contribution in [0.5, 0.6) is 0 Å². The number of fused-ring (bicyclic) bond motifs is 1. The zero-order valence-electron chi connectivity index (χ0n) is 10.3. The second-order valence-electron chi connectivity index (χ2n) is 4.72. The normalized spacial score (nSPS) is 19.7. The van der Waals surface area contributed by atoms with Crippen molar-refractivity contribution in [2.45, 2.75) is 25.3 Å². The lowest BCUT2D eigenvalue weighted by Crippen LogP contribution is -2.16.